The molecule has 0 unspecified atom stereocenters. The lowest BCUT2D eigenvalue weighted by molar-refractivity contribution is 0.660. The van der Waals surface area contributed by atoms with Gasteiger partial charge in [-0.15, -0.1) is 0 Å². The highest BCUT2D eigenvalue weighted by molar-refractivity contribution is 6.19. The molecular formula is C58H43NO. The van der Waals surface area contributed by atoms with Gasteiger partial charge in [0, 0.05) is 38.7 Å². The van der Waals surface area contributed by atoms with Gasteiger partial charge in [-0.1, -0.05) is 155 Å². The average molecular weight is 770 g/mol. The van der Waals surface area contributed by atoms with E-state index >= 15 is 0 Å². The highest BCUT2D eigenvalue weighted by Gasteiger charge is 2.38. The maximum Gasteiger partial charge on any atom is 0.136 e. The summed E-state index contributed by atoms with van der Waals surface area (Å²) in [5.41, 5.74) is 20.6. The van der Waals surface area contributed by atoms with Crippen LogP contribution in [0.25, 0.3) is 77.2 Å². The Balaban J connectivity index is 0.984. The first-order chi connectivity index (χ1) is 29.2. The normalized spacial score (nSPS) is 14.3. The van der Waals surface area contributed by atoms with Gasteiger partial charge in [-0.05, 0) is 138 Å². The Bertz CT molecular complexity index is 3370. The molecule has 60 heavy (non-hydrogen) atoms. The smallest absolute Gasteiger partial charge is 0.136 e. The van der Waals surface area contributed by atoms with Crippen LogP contribution in [0.2, 0.25) is 0 Å². The van der Waals surface area contributed by atoms with Crippen molar-refractivity contribution >= 4 is 49.8 Å². The molecule has 0 fully saturated rings. The molecule has 2 heteroatoms. The van der Waals surface area contributed by atoms with Gasteiger partial charge in [0.25, 0.3) is 0 Å². The van der Waals surface area contributed by atoms with Crippen LogP contribution in [0.3, 0.4) is 0 Å². The molecule has 12 rings (SSSR count). The van der Waals surface area contributed by atoms with E-state index in [1.54, 1.807) is 0 Å². The largest absolute Gasteiger partial charge is 0.456 e. The van der Waals surface area contributed by atoms with Crippen LogP contribution in [0.5, 0.6) is 0 Å². The summed E-state index contributed by atoms with van der Waals surface area (Å²) in [6.07, 6.45) is 0. The first kappa shape index (κ1) is 34.8. The Labute approximate surface area is 351 Å². The van der Waals surface area contributed by atoms with Crippen molar-refractivity contribution in [1.29, 1.82) is 0 Å². The zero-order chi connectivity index (χ0) is 40.3. The molecule has 0 N–H and O–H groups in total. The van der Waals surface area contributed by atoms with Crippen LogP contribution in [0.4, 0.5) is 17.1 Å². The van der Waals surface area contributed by atoms with Crippen LogP contribution in [-0.2, 0) is 10.8 Å². The summed E-state index contributed by atoms with van der Waals surface area (Å²) in [4.78, 5) is 2.46. The topological polar surface area (TPSA) is 16.4 Å². The highest BCUT2D eigenvalue weighted by Crippen LogP contribution is 2.53. The van der Waals surface area contributed by atoms with E-state index < -0.39 is 0 Å². The van der Waals surface area contributed by atoms with Crippen molar-refractivity contribution in [3.8, 4) is 44.5 Å². The molecule has 0 atom stereocenters. The van der Waals surface area contributed by atoms with Gasteiger partial charge in [0.1, 0.15) is 11.2 Å². The molecule has 10 aromatic rings. The number of furan rings is 1. The second-order valence-corrected chi connectivity index (χ2v) is 17.7. The van der Waals surface area contributed by atoms with E-state index in [0.717, 1.165) is 33.6 Å². The minimum atomic E-state index is -0.177. The van der Waals surface area contributed by atoms with Crippen molar-refractivity contribution in [2.45, 2.75) is 38.5 Å². The van der Waals surface area contributed by atoms with Gasteiger partial charge in [0.2, 0.25) is 0 Å². The van der Waals surface area contributed by atoms with Crippen molar-refractivity contribution in [3.63, 3.8) is 0 Å². The van der Waals surface area contributed by atoms with Crippen molar-refractivity contribution in [2.75, 3.05) is 4.90 Å². The van der Waals surface area contributed by atoms with Crippen LogP contribution in [-0.4, -0.2) is 0 Å². The zero-order valence-electron chi connectivity index (χ0n) is 34.3. The fraction of sp³-hybridized carbons (Fsp3) is 0.103. The van der Waals surface area contributed by atoms with Gasteiger partial charge in [-0.25, -0.2) is 0 Å². The maximum atomic E-state index is 6.35. The van der Waals surface area contributed by atoms with Crippen molar-refractivity contribution < 1.29 is 4.42 Å². The van der Waals surface area contributed by atoms with Crippen molar-refractivity contribution in [3.05, 3.63) is 210 Å². The third-order valence-corrected chi connectivity index (χ3v) is 13.7. The predicted octanol–water partition coefficient (Wildman–Crippen LogP) is 16.2. The van der Waals surface area contributed by atoms with Gasteiger partial charge >= 0.3 is 0 Å². The molecule has 2 aliphatic rings. The molecule has 0 bridgehead atoms. The number of fused-ring (bicyclic) bond motifs is 11. The number of nitrogens with zero attached hydrogens (tertiary/aromatic N) is 1. The molecule has 2 aliphatic carbocycles. The maximum absolute atomic E-state index is 6.35. The number of hydrogen-bond donors (Lipinski definition) is 0. The standard InChI is InChI=1S/C58H43NO/c1-57(2)50-17-11-10-16-45(50)47-28-25-42(34-52(47)57)59(43-26-29-48-46-27-20-40(36-12-6-5-7-13-36)33-51(46)58(3,4)53(48)35-43)41-23-18-37(19-24-41)39-22-30-54-49(32-39)56-44-15-9-8-14-38(44)21-31-55(56)60-54/h5-35H,1-4H3. The summed E-state index contributed by atoms with van der Waals surface area (Å²) in [7, 11) is 0. The van der Waals surface area contributed by atoms with E-state index in [4.69, 9.17) is 4.42 Å². The molecule has 0 saturated carbocycles. The van der Waals surface area contributed by atoms with Crippen LogP contribution in [0.15, 0.2) is 192 Å². The monoisotopic (exact) mass is 769 g/mol. The fourth-order valence-corrected chi connectivity index (χ4v) is 10.5. The molecule has 0 saturated heterocycles. The first-order valence-corrected chi connectivity index (χ1v) is 21.1. The van der Waals surface area contributed by atoms with E-state index in [1.807, 2.05) is 0 Å². The summed E-state index contributed by atoms with van der Waals surface area (Å²) in [6.45, 7) is 9.49. The van der Waals surface area contributed by atoms with E-state index in [9.17, 15) is 0 Å². The minimum Gasteiger partial charge on any atom is -0.456 e. The van der Waals surface area contributed by atoms with Crippen LogP contribution < -0.4 is 4.90 Å². The molecule has 0 amide bonds. The molecule has 0 aliphatic heterocycles. The molecule has 1 aromatic heterocycles. The second kappa shape index (κ2) is 12.7. The van der Waals surface area contributed by atoms with E-state index in [-0.39, 0.29) is 10.8 Å². The van der Waals surface area contributed by atoms with E-state index in [2.05, 4.69) is 221 Å². The lowest BCUT2D eigenvalue weighted by atomic mass is 9.81. The summed E-state index contributed by atoms with van der Waals surface area (Å²) in [6, 6.07) is 69.4. The fourth-order valence-electron chi connectivity index (χ4n) is 10.5. The molecule has 9 aromatic carbocycles. The van der Waals surface area contributed by atoms with Gasteiger partial charge < -0.3 is 9.32 Å². The van der Waals surface area contributed by atoms with Crippen molar-refractivity contribution in [2.24, 2.45) is 0 Å². The number of hydrogen-bond acceptors (Lipinski definition) is 2. The molecule has 0 spiro atoms. The summed E-state index contributed by atoms with van der Waals surface area (Å²) in [5.74, 6) is 0. The third kappa shape index (κ3) is 5.07. The van der Waals surface area contributed by atoms with E-state index in [1.165, 1.54) is 82.9 Å². The highest BCUT2D eigenvalue weighted by atomic mass is 16.3. The Morgan fingerprint density at radius 3 is 1.62 bits per heavy atom. The molecule has 0 radical (unpaired) electrons. The number of benzene rings is 9. The Kier molecular flexibility index (Phi) is 7.36. The first-order valence-electron chi connectivity index (χ1n) is 21.1. The van der Waals surface area contributed by atoms with Crippen LogP contribution in [0.1, 0.15) is 49.9 Å². The Morgan fingerprint density at radius 1 is 0.350 bits per heavy atom. The summed E-state index contributed by atoms with van der Waals surface area (Å²) < 4.78 is 6.35. The number of rotatable bonds is 5. The molecule has 1 heterocycles. The number of anilines is 3. The van der Waals surface area contributed by atoms with Gasteiger partial charge in [0.15, 0.2) is 0 Å². The Morgan fingerprint density at radius 2 is 0.867 bits per heavy atom. The molecular weight excluding hydrogens is 727 g/mol. The van der Waals surface area contributed by atoms with Gasteiger partial charge in [-0.3, -0.25) is 0 Å². The van der Waals surface area contributed by atoms with Crippen molar-refractivity contribution in [1.82, 2.24) is 0 Å². The van der Waals surface area contributed by atoms with Gasteiger partial charge in [0.05, 0.1) is 0 Å². The van der Waals surface area contributed by atoms with Gasteiger partial charge in [-0.2, -0.15) is 0 Å². The SMILES string of the molecule is CC1(C)c2ccccc2-c2ccc(N(c3ccc(-c4ccc5oc6ccc7ccccc7c6c5c4)cc3)c3ccc4c(c3)C(C)(C)c3cc(-c5ccccc5)ccc3-4)cc21. The average Bonchev–Trinajstić information content (AvgIpc) is 3.86. The lowest BCUT2D eigenvalue weighted by Crippen LogP contribution is -2.18. The quantitative estimate of drug-likeness (QED) is 0.173. The lowest BCUT2D eigenvalue weighted by Gasteiger charge is -2.30. The zero-order valence-corrected chi connectivity index (χ0v) is 34.3. The third-order valence-electron chi connectivity index (χ3n) is 13.7. The van der Waals surface area contributed by atoms with E-state index in [0.29, 0.717) is 0 Å². The molecule has 2 nitrogen and oxygen atoms in total. The Hall–Kier alpha value is -7.16. The summed E-state index contributed by atoms with van der Waals surface area (Å²) in [5, 5.41) is 4.75. The minimum absolute atomic E-state index is 0.114. The van der Waals surface area contributed by atoms with Crippen LogP contribution in [0, 0.1) is 0 Å². The second-order valence-electron chi connectivity index (χ2n) is 17.7. The summed E-state index contributed by atoms with van der Waals surface area (Å²) >= 11 is 0. The van der Waals surface area contributed by atoms with Crippen LogP contribution >= 0.6 is 0 Å². The molecule has 286 valence electrons. The predicted molar refractivity (Wildman–Crippen MR) is 252 cm³/mol.